The molecule has 0 spiro atoms. The monoisotopic (exact) mass is 325 g/mol. The second-order valence-corrected chi connectivity index (χ2v) is 6.88. The lowest BCUT2D eigenvalue weighted by Gasteiger charge is -2.23. The van der Waals surface area contributed by atoms with Crippen LogP contribution in [0.1, 0.15) is 12.8 Å². The van der Waals surface area contributed by atoms with Crippen LogP contribution < -0.4 is 5.32 Å². The Hall–Kier alpha value is -1.26. The van der Waals surface area contributed by atoms with E-state index in [-0.39, 0.29) is 41.7 Å². The first kappa shape index (κ1) is 13.4. The van der Waals surface area contributed by atoms with Crippen molar-refractivity contribution in [2.75, 3.05) is 5.32 Å². The van der Waals surface area contributed by atoms with Crippen LogP contribution in [-0.4, -0.2) is 18.0 Å². The largest absolute Gasteiger partial charge is 0.462 e. The highest BCUT2D eigenvalue weighted by molar-refractivity contribution is 6.35. The predicted molar refractivity (Wildman–Crippen MR) is 78.2 cm³/mol. The van der Waals surface area contributed by atoms with Gasteiger partial charge >= 0.3 is 5.97 Å². The summed E-state index contributed by atoms with van der Waals surface area (Å²) in [5, 5.41) is 3.75. The van der Waals surface area contributed by atoms with E-state index in [0.29, 0.717) is 15.7 Å². The van der Waals surface area contributed by atoms with E-state index in [2.05, 4.69) is 5.32 Å². The molecule has 1 aliphatic heterocycles. The fourth-order valence-electron chi connectivity index (χ4n) is 4.17. The van der Waals surface area contributed by atoms with Crippen LogP contribution in [0.15, 0.2) is 18.2 Å². The van der Waals surface area contributed by atoms with E-state index in [1.165, 1.54) is 0 Å². The van der Waals surface area contributed by atoms with Crippen LogP contribution in [0.5, 0.6) is 0 Å². The molecule has 2 bridgehead atoms. The standard InChI is InChI=1S/C15H13Cl2NO3/c16-7-1-2-9(17)10(5-7)18-14(19)12-6-3-8-11(4-6)21-15(20)13(8)12/h1-2,5-6,8,11-13H,3-4H2,(H,18,19)/t6-,8+,11-,12-,13-/m1/s1. The molecular formula is C15H13Cl2NO3. The average molecular weight is 326 g/mol. The topological polar surface area (TPSA) is 55.4 Å². The number of hydrogen-bond donors (Lipinski definition) is 1. The summed E-state index contributed by atoms with van der Waals surface area (Å²) in [5.74, 6) is -0.526. The molecular weight excluding hydrogens is 313 g/mol. The molecule has 1 aromatic carbocycles. The molecule has 0 unspecified atom stereocenters. The Kier molecular flexibility index (Phi) is 2.95. The molecule has 6 heteroatoms. The molecule has 5 atom stereocenters. The molecule has 4 nitrogen and oxygen atoms in total. The maximum atomic E-state index is 12.6. The van der Waals surface area contributed by atoms with E-state index in [9.17, 15) is 9.59 Å². The van der Waals surface area contributed by atoms with Crippen molar-refractivity contribution in [2.45, 2.75) is 18.9 Å². The number of rotatable bonds is 2. The van der Waals surface area contributed by atoms with Crippen LogP contribution in [0.4, 0.5) is 5.69 Å². The van der Waals surface area contributed by atoms with Gasteiger partial charge in [0.2, 0.25) is 5.91 Å². The molecule has 3 aliphatic rings. The van der Waals surface area contributed by atoms with E-state index in [1.807, 2.05) is 0 Å². The summed E-state index contributed by atoms with van der Waals surface area (Å²) in [6.45, 7) is 0. The van der Waals surface area contributed by atoms with E-state index >= 15 is 0 Å². The lowest BCUT2D eigenvalue weighted by molar-refractivity contribution is -0.145. The number of carbonyl (C=O) groups excluding carboxylic acids is 2. The SMILES string of the molecule is O=C(Nc1cc(Cl)ccc1Cl)[C@@H]1[C@@H]2C[C@@H]3[C@H]1C(=O)O[C@@H]3C2. The number of carbonyl (C=O) groups is 2. The molecule has 2 saturated carbocycles. The van der Waals surface area contributed by atoms with Gasteiger partial charge < -0.3 is 10.1 Å². The number of anilines is 1. The fourth-order valence-corrected chi connectivity index (χ4v) is 4.51. The molecule has 1 heterocycles. The lowest BCUT2D eigenvalue weighted by Crippen LogP contribution is -2.35. The van der Waals surface area contributed by atoms with Crippen molar-refractivity contribution in [1.82, 2.24) is 0 Å². The summed E-state index contributed by atoms with van der Waals surface area (Å²) in [6, 6.07) is 4.92. The number of hydrogen-bond acceptors (Lipinski definition) is 3. The van der Waals surface area contributed by atoms with E-state index in [0.717, 1.165) is 12.8 Å². The second kappa shape index (κ2) is 4.62. The third-order valence-corrected chi connectivity index (χ3v) is 5.54. The number of halogens is 2. The van der Waals surface area contributed by atoms with Crippen molar-refractivity contribution in [2.24, 2.45) is 23.7 Å². The number of benzene rings is 1. The summed E-state index contributed by atoms with van der Waals surface area (Å²) in [7, 11) is 0. The Morgan fingerprint density at radius 1 is 1.29 bits per heavy atom. The van der Waals surface area contributed by atoms with Crippen molar-refractivity contribution < 1.29 is 14.3 Å². The van der Waals surface area contributed by atoms with Crippen LogP contribution in [0.25, 0.3) is 0 Å². The van der Waals surface area contributed by atoms with Crippen LogP contribution >= 0.6 is 23.2 Å². The van der Waals surface area contributed by atoms with E-state index in [4.69, 9.17) is 27.9 Å². The fraction of sp³-hybridized carbons (Fsp3) is 0.467. The Labute approximate surface area is 131 Å². The zero-order valence-corrected chi connectivity index (χ0v) is 12.5. The van der Waals surface area contributed by atoms with Gasteiger partial charge in [0.1, 0.15) is 6.10 Å². The van der Waals surface area contributed by atoms with Gasteiger partial charge in [-0.1, -0.05) is 23.2 Å². The van der Waals surface area contributed by atoms with Gasteiger partial charge in [-0.3, -0.25) is 9.59 Å². The van der Waals surface area contributed by atoms with Crippen LogP contribution in [0.3, 0.4) is 0 Å². The quantitative estimate of drug-likeness (QED) is 0.850. The van der Waals surface area contributed by atoms with Crippen molar-refractivity contribution >= 4 is 40.8 Å². The molecule has 21 heavy (non-hydrogen) atoms. The van der Waals surface area contributed by atoms with Gasteiger partial charge in [0.15, 0.2) is 0 Å². The van der Waals surface area contributed by atoms with Crippen LogP contribution in [0.2, 0.25) is 10.0 Å². The van der Waals surface area contributed by atoms with E-state index in [1.54, 1.807) is 18.2 Å². The third-order valence-electron chi connectivity index (χ3n) is 4.97. The van der Waals surface area contributed by atoms with Gasteiger partial charge in [0, 0.05) is 10.9 Å². The minimum atomic E-state index is -0.309. The number of esters is 1. The number of amides is 1. The molecule has 3 fully saturated rings. The highest BCUT2D eigenvalue weighted by Gasteiger charge is 2.63. The third kappa shape index (κ3) is 1.96. The zero-order valence-electron chi connectivity index (χ0n) is 11.0. The number of ether oxygens (including phenoxy) is 1. The first-order valence-electron chi connectivity index (χ1n) is 7.01. The van der Waals surface area contributed by atoms with Crippen LogP contribution in [-0.2, 0) is 14.3 Å². The van der Waals surface area contributed by atoms with Crippen molar-refractivity contribution in [1.29, 1.82) is 0 Å². The highest BCUT2D eigenvalue weighted by atomic mass is 35.5. The van der Waals surface area contributed by atoms with Crippen LogP contribution in [0, 0.1) is 23.7 Å². The number of fused-ring (bicyclic) bond motifs is 1. The Morgan fingerprint density at radius 2 is 2.10 bits per heavy atom. The average Bonchev–Trinajstić information content (AvgIpc) is 3.03. The van der Waals surface area contributed by atoms with E-state index < -0.39 is 0 Å². The minimum Gasteiger partial charge on any atom is -0.462 e. The van der Waals surface area contributed by atoms with Gasteiger partial charge in [-0.15, -0.1) is 0 Å². The predicted octanol–water partition coefficient (Wildman–Crippen LogP) is 3.13. The summed E-state index contributed by atoms with van der Waals surface area (Å²) < 4.78 is 5.35. The molecule has 1 aromatic rings. The molecule has 0 radical (unpaired) electrons. The van der Waals surface area contributed by atoms with Gasteiger partial charge in [0.25, 0.3) is 0 Å². The molecule has 4 rings (SSSR count). The molecule has 0 aromatic heterocycles. The minimum absolute atomic E-state index is 0.0336. The summed E-state index contributed by atoms with van der Waals surface area (Å²) >= 11 is 12.0. The van der Waals surface area contributed by atoms with Gasteiger partial charge in [0.05, 0.1) is 22.5 Å². The number of nitrogens with one attached hydrogen (secondary N) is 1. The second-order valence-electron chi connectivity index (χ2n) is 6.04. The summed E-state index contributed by atoms with van der Waals surface area (Å²) in [5.41, 5.74) is 0.486. The molecule has 1 amide bonds. The maximum Gasteiger partial charge on any atom is 0.310 e. The Bertz CT molecular complexity index is 646. The van der Waals surface area contributed by atoms with Crippen molar-refractivity contribution in [3.63, 3.8) is 0 Å². The zero-order chi connectivity index (χ0) is 14.7. The van der Waals surface area contributed by atoms with Gasteiger partial charge in [-0.2, -0.15) is 0 Å². The molecule has 2 aliphatic carbocycles. The summed E-state index contributed by atoms with van der Waals surface area (Å²) in [4.78, 5) is 24.5. The van der Waals surface area contributed by atoms with Crippen molar-refractivity contribution in [3.8, 4) is 0 Å². The van der Waals surface area contributed by atoms with Gasteiger partial charge in [-0.25, -0.2) is 0 Å². The molecule has 1 saturated heterocycles. The first-order valence-corrected chi connectivity index (χ1v) is 7.76. The maximum absolute atomic E-state index is 12.6. The van der Waals surface area contributed by atoms with Gasteiger partial charge in [-0.05, 0) is 37.0 Å². The highest BCUT2D eigenvalue weighted by Crippen LogP contribution is 2.57. The first-order chi connectivity index (χ1) is 10.0. The Morgan fingerprint density at radius 3 is 2.90 bits per heavy atom. The summed E-state index contributed by atoms with van der Waals surface area (Å²) in [6.07, 6.45) is 1.74. The lowest BCUT2D eigenvalue weighted by atomic mass is 9.79. The molecule has 110 valence electrons. The smallest absolute Gasteiger partial charge is 0.310 e. The Balaban J connectivity index is 1.58. The normalized spacial score (nSPS) is 35.9. The molecule has 1 N–H and O–H groups in total. The van der Waals surface area contributed by atoms with Crippen molar-refractivity contribution in [3.05, 3.63) is 28.2 Å².